The first-order valence-electron chi connectivity index (χ1n) is 5.14. The van der Waals surface area contributed by atoms with Gasteiger partial charge in [-0.15, -0.1) is 0 Å². The summed E-state index contributed by atoms with van der Waals surface area (Å²) >= 11 is 0. The van der Waals surface area contributed by atoms with Gasteiger partial charge < -0.3 is 16.2 Å². The third-order valence-electron chi connectivity index (χ3n) is 2.23. The minimum absolute atomic E-state index is 0.107. The lowest BCUT2D eigenvalue weighted by Crippen LogP contribution is -2.40. The number of halogens is 2. The fourth-order valence-corrected chi connectivity index (χ4v) is 1.28. The van der Waals surface area contributed by atoms with E-state index in [1.165, 1.54) is 0 Å². The van der Waals surface area contributed by atoms with Gasteiger partial charge in [0.1, 0.15) is 17.7 Å². The van der Waals surface area contributed by atoms with Gasteiger partial charge in [0.2, 0.25) is 5.91 Å². The molecule has 0 spiro atoms. The van der Waals surface area contributed by atoms with Gasteiger partial charge in [0.15, 0.2) is 0 Å². The van der Waals surface area contributed by atoms with Crippen molar-refractivity contribution >= 4 is 5.91 Å². The molecule has 0 radical (unpaired) electrons. The molecule has 0 fully saturated rings. The fourth-order valence-electron chi connectivity index (χ4n) is 1.28. The van der Waals surface area contributed by atoms with Crippen molar-refractivity contribution in [3.8, 4) is 0 Å². The van der Waals surface area contributed by atoms with Gasteiger partial charge in [0, 0.05) is 13.1 Å². The van der Waals surface area contributed by atoms with Crippen LogP contribution < -0.4 is 11.1 Å². The lowest BCUT2D eigenvalue weighted by atomic mass is 10.1. The summed E-state index contributed by atoms with van der Waals surface area (Å²) in [5, 5.41) is 11.4. The molecule has 0 saturated carbocycles. The molecule has 0 saturated heterocycles. The smallest absolute Gasteiger partial charge is 0.250 e. The van der Waals surface area contributed by atoms with Crippen LogP contribution in [-0.2, 0) is 11.2 Å². The summed E-state index contributed by atoms with van der Waals surface area (Å²) in [6.07, 6.45) is -1.13. The van der Waals surface area contributed by atoms with Crippen molar-refractivity contribution in [2.75, 3.05) is 13.1 Å². The maximum atomic E-state index is 13.2. The number of carbonyl (C=O) groups is 1. The Balaban J connectivity index is 2.46. The highest BCUT2D eigenvalue weighted by Gasteiger charge is 2.12. The van der Waals surface area contributed by atoms with E-state index in [1.54, 1.807) is 0 Å². The molecule has 0 aliphatic rings. The molecule has 1 aromatic rings. The van der Waals surface area contributed by atoms with E-state index in [-0.39, 0.29) is 25.1 Å². The van der Waals surface area contributed by atoms with E-state index in [1.807, 2.05) is 0 Å². The number of carbonyl (C=O) groups excluding carboxylic acids is 1. The summed E-state index contributed by atoms with van der Waals surface area (Å²) in [6, 6.07) is 3.12. The average molecular weight is 244 g/mol. The predicted molar refractivity (Wildman–Crippen MR) is 58.1 cm³/mol. The Morgan fingerprint density at radius 1 is 1.47 bits per heavy atom. The summed E-state index contributed by atoms with van der Waals surface area (Å²) in [4.78, 5) is 11.1. The van der Waals surface area contributed by atoms with Crippen LogP contribution in [0.25, 0.3) is 0 Å². The van der Waals surface area contributed by atoms with Gasteiger partial charge in [-0.1, -0.05) is 0 Å². The molecule has 0 aromatic heterocycles. The van der Waals surface area contributed by atoms with Crippen LogP contribution in [0, 0.1) is 11.6 Å². The lowest BCUT2D eigenvalue weighted by molar-refractivity contribution is -0.128. The Morgan fingerprint density at radius 3 is 2.82 bits per heavy atom. The highest BCUT2D eigenvalue weighted by molar-refractivity contribution is 5.80. The minimum atomic E-state index is -1.27. The van der Waals surface area contributed by atoms with Crippen LogP contribution in [0.3, 0.4) is 0 Å². The second kappa shape index (κ2) is 6.27. The number of amides is 1. The second-order valence-corrected chi connectivity index (χ2v) is 3.53. The standard InChI is InChI=1S/C11H14F2N2O2/c12-8-1-2-9(13)7(5-8)3-4-15-11(17)10(16)6-14/h1-2,5,10,16H,3-4,6,14H2,(H,15,17). The van der Waals surface area contributed by atoms with Crippen LogP contribution in [0.5, 0.6) is 0 Å². The van der Waals surface area contributed by atoms with Crippen molar-refractivity contribution in [1.29, 1.82) is 0 Å². The molecule has 1 rings (SSSR count). The van der Waals surface area contributed by atoms with E-state index < -0.39 is 23.6 Å². The molecular formula is C11H14F2N2O2. The van der Waals surface area contributed by atoms with Gasteiger partial charge in [0.05, 0.1) is 0 Å². The molecule has 1 aromatic carbocycles. The maximum Gasteiger partial charge on any atom is 0.250 e. The minimum Gasteiger partial charge on any atom is -0.382 e. The van der Waals surface area contributed by atoms with Crippen molar-refractivity contribution < 1.29 is 18.7 Å². The molecule has 94 valence electrons. The Bertz CT molecular complexity index is 399. The van der Waals surface area contributed by atoms with Gasteiger partial charge in [-0.2, -0.15) is 0 Å². The van der Waals surface area contributed by atoms with Crippen molar-refractivity contribution in [3.63, 3.8) is 0 Å². The van der Waals surface area contributed by atoms with Crippen LogP contribution in [-0.4, -0.2) is 30.2 Å². The van der Waals surface area contributed by atoms with Gasteiger partial charge >= 0.3 is 0 Å². The van der Waals surface area contributed by atoms with E-state index in [4.69, 9.17) is 10.8 Å². The third kappa shape index (κ3) is 4.08. The zero-order valence-electron chi connectivity index (χ0n) is 9.12. The zero-order valence-corrected chi connectivity index (χ0v) is 9.12. The number of hydrogen-bond acceptors (Lipinski definition) is 3. The normalized spacial score (nSPS) is 12.2. The van der Waals surface area contributed by atoms with Gasteiger partial charge in [-0.25, -0.2) is 8.78 Å². The van der Waals surface area contributed by atoms with Crippen LogP contribution in [0.15, 0.2) is 18.2 Å². The molecule has 0 aliphatic heterocycles. The van der Waals surface area contributed by atoms with Crippen molar-refractivity contribution in [2.24, 2.45) is 5.73 Å². The van der Waals surface area contributed by atoms with Crippen LogP contribution in [0.4, 0.5) is 8.78 Å². The Labute approximate surface area is 97.4 Å². The highest BCUT2D eigenvalue weighted by atomic mass is 19.1. The average Bonchev–Trinajstić information content (AvgIpc) is 2.32. The molecule has 0 bridgehead atoms. The number of aliphatic hydroxyl groups is 1. The lowest BCUT2D eigenvalue weighted by Gasteiger charge is -2.09. The van der Waals surface area contributed by atoms with Gasteiger partial charge in [-0.05, 0) is 30.2 Å². The molecule has 17 heavy (non-hydrogen) atoms. The monoisotopic (exact) mass is 244 g/mol. The summed E-state index contributed by atoms with van der Waals surface area (Å²) in [7, 11) is 0. The first-order chi connectivity index (χ1) is 8.04. The molecular weight excluding hydrogens is 230 g/mol. The quantitative estimate of drug-likeness (QED) is 0.679. The van der Waals surface area contributed by atoms with Crippen LogP contribution in [0.2, 0.25) is 0 Å². The molecule has 4 nitrogen and oxygen atoms in total. The molecule has 1 amide bonds. The van der Waals surface area contributed by atoms with E-state index in [0.29, 0.717) is 0 Å². The summed E-state index contributed by atoms with van der Waals surface area (Å²) in [5.74, 6) is -1.68. The number of hydrogen-bond donors (Lipinski definition) is 3. The molecule has 1 unspecified atom stereocenters. The number of benzene rings is 1. The van der Waals surface area contributed by atoms with Crippen molar-refractivity contribution in [2.45, 2.75) is 12.5 Å². The number of nitrogens with two attached hydrogens (primary N) is 1. The van der Waals surface area contributed by atoms with E-state index in [2.05, 4.69) is 5.32 Å². The predicted octanol–water partition coefficient (Wildman–Crippen LogP) is -0.0569. The third-order valence-corrected chi connectivity index (χ3v) is 2.23. The second-order valence-electron chi connectivity index (χ2n) is 3.53. The van der Waals surface area contributed by atoms with Gasteiger partial charge in [0.25, 0.3) is 0 Å². The van der Waals surface area contributed by atoms with Crippen LogP contribution >= 0.6 is 0 Å². The Morgan fingerprint density at radius 2 is 2.18 bits per heavy atom. The Hall–Kier alpha value is -1.53. The molecule has 1 atom stereocenters. The Kier molecular flexibility index (Phi) is 4.99. The highest BCUT2D eigenvalue weighted by Crippen LogP contribution is 2.09. The van der Waals surface area contributed by atoms with Gasteiger partial charge in [-0.3, -0.25) is 4.79 Å². The molecule has 6 heteroatoms. The van der Waals surface area contributed by atoms with Crippen molar-refractivity contribution in [3.05, 3.63) is 35.4 Å². The van der Waals surface area contributed by atoms with E-state index in [9.17, 15) is 13.6 Å². The maximum absolute atomic E-state index is 13.2. The number of rotatable bonds is 5. The topological polar surface area (TPSA) is 75.3 Å². The van der Waals surface area contributed by atoms with Crippen LogP contribution in [0.1, 0.15) is 5.56 Å². The molecule has 0 heterocycles. The zero-order chi connectivity index (χ0) is 12.8. The van der Waals surface area contributed by atoms with E-state index >= 15 is 0 Å². The first-order valence-corrected chi connectivity index (χ1v) is 5.14. The molecule has 4 N–H and O–H groups in total. The fraction of sp³-hybridized carbons (Fsp3) is 0.364. The largest absolute Gasteiger partial charge is 0.382 e. The van der Waals surface area contributed by atoms with E-state index in [0.717, 1.165) is 18.2 Å². The molecule has 0 aliphatic carbocycles. The first kappa shape index (κ1) is 13.5. The SMILES string of the molecule is NCC(O)C(=O)NCCc1cc(F)ccc1F. The summed E-state index contributed by atoms with van der Waals surface area (Å²) in [5.41, 5.74) is 5.25. The number of nitrogens with one attached hydrogen (secondary N) is 1. The summed E-state index contributed by atoms with van der Waals surface area (Å²) < 4.78 is 26.0. The summed E-state index contributed by atoms with van der Waals surface area (Å²) in [6.45, 7) is -0.0730. The van der Waals surface area contributed by atoms with Crippen molar-refractivity contribution in [1.82, 2.24) is 5.32 Å². The number of aliphatic hydroxyl groups excluding tert-OH is 1.